The van der Waals surface area contributed by atoms with Crippen molar-refractivity contribution in [2.45, 2.75) is 55.8 Å². The number of hydrogen-bond acceptors (Lipinski definition) is 6. The molecule has 0 N–H and O–H groups in total. The van der Waals surface area contributed by atoms with Crippen LogP contribution in [0.1, 0.15) is 13.8 Å². The quantitative estimate of drug-likeness (QED) is 0.515. The molecule has 2 rings (SSSR count). The van der Waals surface area contributed by atoms with Crippen LogP contribution in [-0.2, 0) is 28.5 Å². The molecule has 27 heavy (non-hydrogen) atoms. The van der Waals surface area contributed by atoms with Crippen LogP contribution in [0.5, 0.6) is 0 Å². The Bertz CT molecular complexity index is 607. The first-order valence-corrected chi connectivity index (χ1v) is 6.99. The minimum Gasteiger partial charge on any atom is -0.456 e. The van der Waals surface area contributed by atoms with Gasteiger partial charge >= 0.3 is 36.1 Å². The maximum Gasteiger partial charge on any atom is 0.458 e. The van der Waals surface area contributed by atoms with Crippen LogP contribution in [0.2, 0.25) is 0 Å². The molecule has 4 atom stereocenters. The van der Waals surface area contributed by atoms with E-state index in [-0.39, 0.29) is 6.61 Å². The molecule has 6 nitrogen and oxygen atoms in total. The van der Waals surface area contributed by atoms with Crippen molar-refractivity contribution < 1.29 is 68.0 Å². The summed E-state index contributed by atoms with van der Waals surface area (Å²) in [6, 6.07) is 0. The van der Waals surface area contributed by atoms with E-state index in [2.05, 4.69) is 14.2 Å². The fraction of sp³-hybridized carbons (Fsp3) is 0.917. The van der Waals surface area contributed by atoms with Gasteiger partial charge in [0.15, 0.2) is 5.79 Å². The van der Waals surface area contributed by atoms with Gasteiger partial charge in [0.25, 0.3) is 0 Å². The summed E-state index contributed by atoms with van der Waals surface area (Å²) in [4.78, 5) is 11.7. The molecule has 4 unspecified atom stereocenters. The highest BCUT2D eigenvalue weighted by Gasteiger charge is 2.89. The normalized spacial score (nSPS) is 39.6. The second-order valence-electron chi connectivity index (χ2n) is 5.88. The van der Waals surface area contributed by atoms with Gasteiger partial charge in [-0.3, -0.25) is 9.47 Å². The molecular weight excluding hydrogens is 411 g/mol. The van der Waals surface area contributed by atoms with E-state index < -0.39 is 54.6 Å². The lowest BCUT2D eigenvalue weighted by atomic mass is 10.2. The second kappa shape index (κ2) is 6.09. The molecule has 0 aromatic carbocycles. The summed E-state index contributed by atoms with van der Waals surface area (Å²) < 4.78 is 137. The van der Waals surface area contributed by atoms with Gasteiger partial charge in [-0.15, -0.1) is 0 Å². The standard InChI is InChI=1S/C12H11F9O6/c1-5-3-24-7(2,25-5)4-23-6(22)8(10(14,15)16)26-9(13,11(17,18)19)12(20,21)27-8/h5H,3-4H2,1-2H3. The summed E-state index contributed by atoms with van der Waals surface area (Å²) in [5.41, 5.74) is 0. The smallest absolute Gasteiger partial charge is 0.456 e. The highest BCUT2D eigenvalue weighted by Crippen LogP contribution is 2.59. The van der Waals surface area contributed by atoms with E-state index in [1.54, 1.807) is 0 Å². The average molecular weight is 422 g/mol. The maximum atomic E-state index is 13.7. The number of rotatable bonds is 3. The molecule has 0 aromatic rings. The van der Waals surface area contributed by atoms with Gasteiger partial charge < -0.3 is 14.2 Å². The number of alkyl halides is 9. The first-order valence-electron chi connectivity index (χ1n) is 6.99. The molecule has 0 bridgehead atoms. The van der Waals surface area contributed by atoms with Gasteiger partial charge in [0, 0.05) is 0 Å². The number of ether oxygens (including phenoxy) is 5. The lowest BCUT2D eigenvalue weighted by Crippen LogP contribution is -2.57. The molecule has 2 fully saturated rings. The molecule has 2 aliphatic heterocycles. The van der Waals surface area contributed by atoms with Gasteiger partial charge in [0.1, 0.15) is 6.61 Å². The Morgan fingerprint density at radius 2 is 1.63 bits per heavy atom. The summed E-state index contributed by atoms with van der Waals surface area (Å²) >= 11 is 0. The average Bonchev–Trinajstić information content (AvgIpc) is 2.92. The van der Waals surface area contributed by atoms with E-state index in [0.29, 0.717) is 0 Å². The van der Waals surface area contributed by atoms with E-state index in [1.165, 1.54) is 6.92 Å². The summed E-state index contributed by atoms with van der Waals surface area (Å²) in [7, 11) is 0. The van der Waals surface area contributed by atoms with Gasteiger partial charge in [-0.2, -0.15) is 39.5 Å². The molecule has 0 spiro atoms. The molecule has 2 saturated heterocycles. The van der Waals surface area contributed by atoms with Crippen LogP contribution < -0.4 is 0 Å². The van der Waals surface area contributed by atoms with Crippen molar-refractivity contribution in [1.29, 1.82) is 0 Å². The zero-order valence-corrected chi connectivity index (χ0v) is 13.3. The van der Waals surface area contributed by atoms with E-state index >= 15 is 0 Å². The van der Waals surface area contributed by atoms with Crippen molar-refractivity contribution >= 4 is 5.97 Å². The van der Waals surface area contributed by atoms with Gasteiger partial charge in [0.2, 0.25) is 0 Å². The van der Waals surface area contributed by atoms with Gasteiger partial charge in [-0.1, -0.05) is 0 Å². The zero-order valence-electron chi connectivity index (χ0n) is 13.3. The molecule has 0 amide bonds. The SMILES string of the molecule is CC1COC(C)(COC(=O)C2(C(F)(F)F)OC(F)(F)C(F)(C(F)(F)F)O2)O1. The first-order chi connectivity index (χ1) is 11.9. The van der Waals surface area contributed by atoms with Crippen LogP contribution in [0.25, 0.3) is 0 Å². The van der Waals surface area contributed by atoms with Gasteiger partial charge in [-0.05, 0) is 13.8 Å². The number of hydrogen-bond donors (Lipinski definition) is 0. The van der Waals surface area contributed by atoms with Crippen molar-refractivity contribution in [1.82, 2.24) is 0 Å². The van der Waals surface area contributed by atoms with Crippen LogP contribution in [0.4, 0.5) is 39.5 Å². The van der Waals surface area contributed by atoms with Crippen molar-refractivity contribution in [3.05, 3.63) is 0 Å². The third-order valence-electron chi connectivity index (χ3n) is 3.48. The lowest BCUT2D eigenvalue weighted by molar-refractivity contribution is -0.398. The van der Waals surface area contributed by atoms with E-state index in [1.807, 2.05) is 0 Å². The molecule has 158 valence electrons. The summed E-state index contributed by atoms with van der Waals surface area (Å²) in [6.07, 6.45) is -19.8. The molecule has 0 aliphatic carbocycles. The Balaban J connectivity index is 2.32. The Kier molecular flexibility index (Phi) is 4.95. The summed E-state index contributed by atoms with van der Waals surface area (Å²) in [5, 5.41) is 0. The van der Waals surface area contributed by atoms with Crippen LogP contribution in [-0.4, -0.2) is 61.2 Å². The monoisotopic (exact) mass is 422 g/mol. The second-order valence-corrected chi connectivity index (χ2v) is 5.88. The van der Waals surface area contributed by atoms with Crippen LogP contribution in [0.3, 0.4) is 0 Å². The number of carbonyl (C=O) groups is 1. The predicted molar refractivity (Wildman–Crippen MR) is 61.7 cm³/mol. The van der Waals surface area contributed by atoms with Crippen LogP contribution in [0.15, 0.2) is 0 Å². The predicted octanol–water partition coefficient (Wildman–Crippen LogP) is 2.81. The zero-order chi connectivity index (χ0) is 21.1. The van der Waals surface area contributed by atoms with Crippen molar-refractivity contribution in [3.63, 3.8) is 0 Å². The van der Waals surface area contributed by atoms with Crippen molar-refractivity contribution in [3.8, 4) is 0 Å². The van der Waals surface area contributed by atoms with Gasteiger partial charge in [-0.25, -0.2) is 4.79 Å². The third-order valence-corrected chi connectivity index (χ3v) is 3.48. The molecule has 2 aliphatic rings. The third kappa shape index (κ3) is 3.45. The molecule has 15 heteroatoms. The fourth-order valence-electron chi connectivity index (χ4n) is 2.22. The fourth-order valence-corrected chi connectivity index (χ4v) is 2.22. The maximum absolute atomic E-state index is 13.7. The summed E-state index contributed by atoms with van der Waals surface area (Å²) in [6.45, 7) is 1.31. The van der Waals surface area contributed by atoms with E-state index in [0.717, 1.165) is 6.92 Å². The Morgan fingerprint density at radius 3 is 2.00 bits per heavy atom. The first kappa shape index (κ1) is 22.0. The minimum atomic E-state index is -6.68. The molecular formula is C12H11F9O6. The van der Waals surface area contributed by atoms with E-state index in [4.69, 9.17) is 9.47 Å². The van der Waals surface area contributed by atoms with Gasteiger partial charge in [0.05, 0.1) is 12.7 Å². The molecule has 0 aromatic heterocycles. The topological polar surface area (TPSA) is 63.2 Å². The number of esters is 1. The summed E-state index contributed by atoms with van der Waals surface area (Å²) in [5.74, 6) is -16.3. The lowest BCUT2D eigenvalue weighted by Gasteiger charge is -2.29. The van der Waals surface area contributed by atoms with Crippen LogP contribution >= 0.6 is 0 Å². The molecule has 2 heterocycles. The molecule has 0 radical (unpaired) electrons. The Labute approximate surface area is 144 Å². The largest absolute Gasteiger partial charge is 0.458 e. The Hall–Kier alpha value is -1.32. The van der Waals surface area contributed by atoms with Crippen molar-refractivity contribution in [2.24, 2.45) is 0 Å². The van der Waals surface area contributed by atoms with E-state index in [9.17, 15) is 44.3 Å². The number of carbonyl (C=O) groups excluding carboxylic acids is 1. The van der Waals surface area contributed by atoms with Crippen LogP contribution in [0, 0.1) is 0 Å². The molecule has 0 saturated carbocycles. The highest BCUT2D eigenvalue weighted by atomic mass is 19.4. The van der Waals surface area contributed by atoms with Crippen molar-refractivity contribution in [2.75, 3.05) is 13.2 Å². The highest BCUT2D eigenvalue weighted by molar-refractivity contribution is 5.79. The Morgan fingerprint density at radius 1 is 1.07 bits per heavy atom. The minimum absolute atomic E-state index is 0.0782. The number of halogens is 9.